The average Bonchev–Trinajstić information content (AvgIpc) is 1.37. The molecule has 0 amide bonds. The van der Waals surface area contributed by atoms with Gasteiger partial charge in [-0.05, 0) is 0 Å². The standard InChI is InChI=1S/CF2N/c2-1-4-3. The summed E-state index contributed by atoms with van der Waals surface area (Å²) in [7, 11) is 0. The summed E-state index contributed by atoms with van der Waals surface area (Å²) < 4.78 is 19.8. The molecule has 0 heterocycles. The normalized spacial score (nSPS) is 9.50. The molecule has 3 heteroatoms. The molecule has 0 aliphatic rings. The summed E-state index contributed by atoms with van der Waals surface area (Å²) in [5.41, 5.74) is 0. The molecule has 0 N–H and O–H groups in total. The van der Waals surface area contributed by atoms with Crippen molar-refractivity contribution in [2.24, 2.45) is 5.21 Å². The van der Waals surface area contributed by atoms with Crippen molar-refractivity contribution in [2.45, 2.75) is 0 Å². The van der Waals surface area contributed by atoms with Crippen molar-refractivity contribution >= 4 is 6.47 Å². The predicted octanol–water partition coefficient (Wildman–Crippen LogP) is 0.746. The number of hydrogen-bond donors (Lipinski definition) is 0. The first-order chi connectivity index (χ1) is 1.91. The van der Waals surface area contributed by atoms with Gasteiger partial charge in [0.05, 0.1) is 0 Å². The van der Waals surface area contributed by atoms with Gasteiger partial charge in [-0.2, -0.15) is 4.39 Å². The Bertz CT molecular complexity index is 21.2. The molecule has 0 bridgehead atoms. The van der Waals surface area contributed by atoms with E-state index in [0.29, 0.717) is 6.47 Å². The van der Waals surface area contributed by atoms with Crippen LogP contribution in [-0.2, 0) is 0 Å². The third-order valence-electron chi connectivity index (χ3n) is 0.0319. The predicted molar refractivity (Wildman–Crippen MR) is 9.65 cm³/mol. The summed E-state index contributed by atoms with van der Waals surface area (Å²) in [6.07, 6.45) is 0. The lowest BCUT2D eigenvalue weighted by atomic mass is 11.6. The monoisotopic (exact) mass is 64.0 g/mol. The Balaban J connectivity index is 2.55. The van der Waals surface area contributed by atoms with Crippen LogP contribution in [0.1, 0.15) is 0 Å². The molecule has 1 nitrogen and oxygen atoms in total. The summed E-state index contributed by atoms with van der Waals surface area (Å²) in [6, 6.07) is 0. The summed E-state index contributed by atoms with van der Waals surface area (Å²) in [5, 5.41) is 1.32. The van der Waals surface area contributed by atoms with Gasteiger partial charge in [0.2, 0.25) is 0 Å². The zero-order chi connectivity index (χ0) is 3.41. The molecule has 0 aromatic carbocycles. The first kappa shape index (κ1) is 3.53. The van der Waals surface area contributed by atoms with Crippen molar-refractivity contribution in [3.05, 3.63) is 0 Å². The molecule has 0 unspecified atom stereocenters. The van der Waals surface area contributed by atoms with E-state index in [2.05, 4.69) is 0 Å². The molecule has 4 heavy (non-hydrogen) atoms. The van der Waals surface area contributed by atoms with Gasteiger partial charge in [-0.15, -0.1) is 0 Å². The van der Waals surface area contributed by atoms with Crippen LogP contribution in [0.25, 0.3) is 0 Å². The molecule has 0 fully saturated rings. The zero-order valence-corrected chi connectivity index (χ0v) is 1.70. The Hall–Kier alpha value is -0.470. The largest absolute Gasteiger partial charge is 0.300 e. The molecule has 0 aromatic heterocycles. The van der Waals surface area contributed by atoms with Crippen molar-refractivity contribution in [3.8, 4) is 0 Å². The van der Waals surface area contributed by atoms with Gasteiger partial charge in [-0.3, -0.25) is 0 Å². The van der Waals surface area contributed by atoms with Gasteiger partial charge in [-0.1, -0.05) is 9.70 Å². The van der Waals surface area contributed by atoms with Crippen molar-refractivity contribution in [2.75, 3.05) is 0 Å². The van der Waals surface area contributed by atoms with Gasteiger partial charge in [0.1, 0.15) is 0 Å². The minimum absolute atomic E-state index is 0.389. The Morgan fingerprint density at radius 1 is 1.75 bits per heavy atom. The fraction of sp³-hybridized carbons (Fsp3) is 0. The van der Waals surface area contributed by atoms with Crippen LogP contribution < -0.4 is 0 Å². The summed E-state index contributed by atoms with van der Waals surface area (Å²) >= 11 is 0. The van der Waals surface area contributed by atoms with Crippen LogP contribution in [0.3, 0.4) is 0 Å². The van der Waals surface area contributed by atoms with E-state index in [-0.39, 0.29) is 0 Å². The summed E-state index contributed by atoms with van der Waals surface area (Å²) in [6.45, 7) is 0.389. The minimum Gasteiger partial charge on any atom is -0.177 e. The van der Waals surface area contributed by atoms with Crippen molar-refractivity contribution in [1.82, 2.24) is 0 Å². The van der Waals surface area contributed by atoms with Crippen LogP contribution in [0.15, 0.2) is 5.21 Å². The first-order valence-electron chi connectivity index (χ1n) is 0.582. The minimum atomic E-state index is 0.389. The summed E-state index contributed by atoms with van der Waals surface area (Å²) in [5.74, 6) is 0. The first-order valence-corrected chi connectivity index (χ1v) is 0.582. The number of nitrogens with zero attached hydrogens (tertiary/aromatic N) is 1. The average molecular weight is 64.0 g/mol. The van der Waals surface area contributed by atoms with Gasteiger partial charge in [0.15, 0.2) is 0 Å². The van der Waals surface area contributed by atoms with Gasteiger partial charge in [0.25, 0.3) is 0 Å². The smallest absolute Gasteiger partial charge is 0.177 e. The van der Waals surface area contributed by atoms with Gasteiger partial charge >= 0.3 is 6.47 Å². The number of rotatable bonds is 0. The van der Waals surface area contributed by atoms with E-state index in [9.17, 15) is 8.87 Å². The molecule has 0 saturated heterocycles. The fourth-order valence-corrected chi connectivity index (χ4v) is 0. The maximum Gasteiger partial charge on any atom is 0.300 e. The molecule has 0 spiro atoms. The van der Waals surface area contributed by atoms with E-state index >= 15 is 0 Å². The van der Waals surface area contributed by atoms with Crippen LogP contribution in [0.5, 0.6) is 0 Å². The third-order valence-corrected chi connectivity index (χ3v) is 0.0319. The van der Waals surface area contributed by atoms with E-state index in [1.165, 1.54) is 5.21 Å². The zero-order valence-electron chi connectivity index (χ0n) is 1.70. The number of hydrogen-bond acceptors (Lipinski definition) is 1. The van der Waals surface area contributed by atoms with Crippen LogP contribution in [-0.4, -0.2) is 6.47 Å². The molecule has 0 rings (SSSR count). The lowest BCUT2D eigenvalue weighted by Crippen LogP contribution is -1.35. The van der Waals surface area contributed by atoms with E-state index < -0.39 is 0 Å². The molecular formula is CF2N. The van der Waals surface area contributed by atoms with Crippen molar-refractivity contribution in [3.63, 3.8) is 0 Å². The molecule has 0 saturated carbocycles. The highest BCUT2D eigenvalue weighted by Crippen LogP contribution is 1.57. The highest BCUT2D eigenvalue weighted by atomic mass is 19.2. The lowest BCUT2D eigenvalue weighted by Gasteiger charge is -1.39. The fourth-order valence-electron chi connectivity index (χ4n) is 0. The topological polar surface area (TPSA) is 12.4 Å². The van der Waals surface area contributed by atoms with Crippen molar-refractivity contribution < 1.29 is 8.87 Å². The highest BCUT2D eigenvalue weighted by molar-refractivity contribution is 5.42. The second kappa shape index (κ2) is 2.53. The number of halogens is 2. The maximum absolute atomic E-state index is 9.93. The molecule has 0 aromatic rings. The van der Waals surface area contributed by atoms with Crippen LogP contribution in [0.4, 0.5) is 8.87 Å². The Morgan fingerprint density at radius 3 is 2.00 bits per heavy atom. The Kier molecular flexibility index (Phi) is 2.23. The second-order valence-electron chi connectivity index (χ2n) is 0.169. The lowest BCUT2D eigenvalue weighted by molar-refractivity contribution is 0.527. The maximum atomic E-state index is 9.93. The SMILES string of the molecule is F[C]=NF. The van der Waals surface area contributed by atoms with E-state index in [1.54, 1.807) is 0 Å². The third kappa shape index (κ3) is 1.53. The molecular weight excluding hydrogens is 64.0 g/mol. The van der Waals surface area contributed by atoms with Crippen LogP contribution in [0.2, 0.25) is 0 Å². The van der Waals surface area contributed by atoms with Crippen LogP contribution >= 0.6 is 0 Å². The second-order valence-corrected chi connectivity index (χ2v) is 0.169. The van der Waals surface area contributed by atoms with Gasteiger partial charge in [-0.25, -0.2) is 0 Å². The van der Waals surface area contributed by atoms with Gasteiger partial charge in [0, 0.05) is 0 Å². The highest BCUT2D eigenvalue weighted by Gasteiger charge is 1.48. The van der Waals surface area contributed by atoms with Crippen molar-refractivity contribution in [1.29, 1.82) is 0 Å². The molecule has 0 aliphatic carbocycles. The van der Waals surface area contributed by atoms with E-state index in [1.807, 2.05) is 0 Å². The van der Waals surface area contributed by atoms with E-state index in [0.717, 1.165) is 0 Å². The molecule has 1 radical (unpaired) electrons. The van der Waals surface area contributed by atoms with Crippen LogP contribution in [0, 0.1) is 0 Å². The molecule has 0 atom stereocenters. The molecule has 0 aliphatic heterocycles. The summed E-state index contributed by atoms with van der Waals surface area (Å²) in [4.78, 5) is 0. The Morgan fingerprint density at radius 2 is 2.00 bits per heavy atom. The quantitative estimate of drug-likeness (QED) is 0.368. The van der Waals surface area contributed by atoms with E-state index in [4.69, 9.17) is 0 Å². The molecule has 23 valence electrons. The Labute approximate surface area is 21.9 Å². The van der Waals surface area contributed by atoms with Gasteiger partial charge < -0.3 is 0 Å².